The van der Waals surface area contributed by atoms with Crippen molar-refractivity contribution in [1.29, 1.82) is 0 Å². The average molecular weight is 344 g/mol. The van der Waals surface area contributed by atoms with Crippen molar-refractivity contribution in [3.8, 4) is 16.9 Å². The molecule has 0 aliphatic heterocycles. The van der Waals surface area contributed by atoms with Crippen molar-refractivity contribution < 1.29 is 31.0 Å². The van der Waals surface area contributed by atoms with E-state index in [1.54, 1.807) is 0 Å². The van der Waals surface area contributed by atoms with Crippen molar-refractivity contribution in [2.75, 3.05) is 0 Å². The van der Waals surface area contributed by atoms with Gasteiger partial charge in [0.1, 0.15) is 10.6 Å². The molecule has 0 spiro atoms. The summed E-state index contributed by atoms with van der Waals surface area (Å²) in [6.07, 6.45) is 0. The third-order valence-electron chi connectivity index (χ3n) is 3.04. The molecule has 0 bridgehead atoms. The smallest absolute Gasteiger partial charge is 0.298 e. The van der Waals surface area contributed by atoms with Gasteiger partial charge in [-0.25, -0.2) is 0 Å². The minimum atomic E-state index is -4.63. The molecular formula is C13H12O7S2. The van der Waals surface area contributed by atoms with E-state index >= 15 is 0 Å². The number of benzene rings is 2. The Hall–Kier alpha value is -1.94. The lowest BCUT2D eigenvalue weighted by molar-refractivity contribution is 0.443. The molecule has 0 atom stereocenters. The number of hydrogen-bond acceptors (Lipinski definition) is 5. The number of aryl methyl sites for hydroxylation is 1. The molecule has 0 saturated carbocycles. The summed E-state index contributed by atoms with van der Waals surface area (Å²) in [5.74, 6) is -0.631. The van der Waals surface area contributed by atoms with Gasteiger partial charge in [0.25, 0.3) is 20.2 Å². The standard InChI is InChI=1S/C13H12O7S2/c1-8-2-3-9(6-12(8)21(15,16)17)10-4-5-11(14)13(7-10)22(18,19)20/h2-7,14H,1H3,(H,15,16,17)(H,18,19,20). The maximum Gasteiger partial charge on any atom is 0.298 e. The normalized spacial score (nSPS) is 12.3. The van der Waals surface area contributed by atoms with Crippen LogP contribution in [0, 0.1) is 6.92 Å². The first-order valence-electron chi connectivity index (χ1n) is 5.89. The Bertz CT molecular complexity index is 865. The van der Waals surface area contributed by atoms with Crippen LogP contribution in [0.5, 0.6) is 5.75 Å². The average Bonchev–Trinajstić information content (AvgIpc) is 2.37. The van der Waals surface area contributed by atoms with E-state index in [0.29, 0.717) is 11.1 Å². The Morgan fingerprint density at radius 3 is 1.73 bits per heavy atom. The van der Waals surface area contributed by atoms with E-state index in [2.05, 4.69) is 0 Å². The van der Waals surface area contributed by atoms with Crippen molar-refractivity contribution in [2.24, 2.45) is 0 Å². The van der Waals surface area contributed by atoms with Gasteiger partial charge in [-0.15, -0.1) is 0 Å². The lowest BCUT2D eigenvalue weighted by atomic mass is 10.0. The number of phenolic OH excluding ortho intramolecular Hbond substituents is 1. The molecule has 0 radical (unpaired) electrons. The molecule has 118 valence electrons. The van der Waals surface area contributed by atoms with Gasteiger partial charge >= 0.3 is 0 Å². The number of phenols is 1. The van der Waals surface area contributed by atoms with E-state index in [4.69, 9.17) is 9.11 Å². The van der Waals surface area contributed by atoms with Crippen LogP contribution < -0.4 is 0 Å². The number of aromatic hydroxyl groups is 1. The minimum absolute atomic E-state index is 0.246. The zero-order valence-corrected chi connectivity index (χ0v) is 12.9. The number of hydrogen-bond donors (Lipinski definition) is 3. The van der Waals surface area contributed by atoms with Crippen LogP contribution in [-0.4, -0.2) is 31.0 Å². The van der Waals surface area contributed by atoms with Crippen LogP contribution in [0.3, 0.4) is 0 Å². The predicted molar refractivity (Wildman–Crippen MR) is 77.9 cm³/mol. The third-order valence-corrected chi connectivity index (χ3v) is 4.92. The summed E-state index contributed by atoms with van der Waals surface area (Å²) >= 11 is 0. The van der Waals surface area contributed by atoms with E-state index in [9.17, 15) is 21.9 Å². The second-order valence-corrected chi connectivity index (χ2v) is 7.39. The van der Waals surface area contributed by atoms with Gasteiger partial charge in [-0.2, -0.15) is 16.8 Å². The second kappa shape index (κ2) is 5.36. The molecule has 2 aromatic rings. The molecule has 2 rings (SSSR count). The Balaban J connectivity index is 2.69. The molecular weight excluding hydrogens is 332 g/mol. The lowest BCUT2D eigenvalue weighted by Gasteiger charge is -2.09. The molecule has 0 fully saturated rings. The minimum Gasteiger partial charge on any atom is -0.506 e. The van der Waals surface area contributed by atoms with Crippen molar-refractivity contribution in [3.05, 3.63) is 42.0 Å². The molecule has 7 nitrogen and oxygen atoms in total. The summed E-state index contributed by atoms with van der Waals surface area (Å²) in [5.41, 5.74) is 0.860. The number of rotatable bonds is 3. The fourth-order valence-electron chi connectivity index (χ4n) is 1.96. The maximum absolute atomic E-state index is 11.3. The van der Waals surface area contributed by atoms with Gasteiger partial charge in [-0.3, -0.25) is 9.11 Å². The highest BCUT2D eigenvalue weighted by molar-refractivity contribution is 7.86. The first-order valence-corrected chi connectivity index (χ1v) is 8.77. The highest BCUT2D eigenvalue weighted by Crippen LogP contribution is 2.30. The van der Waals surface area contributed by atoms with Crippen LogP contribution in [0.1, 0.15) is 5.56 Å². The summed E-state index contributed by atoms with van der Waals surface area (Å²) in [7, 11) is -9.06. The maximum atomic E-state index is 11.3. The van der Waals surface area contributed by atoms with Crippen LogP contribution in [0.15, 0.2) is 46.2 Å². The van der Waals surface area contributed by atoms with E-state index in [1.165, 1.54) is 31.2 Å². The molecule has 0 aromatic heterocycles. The van der Waals surface area contributed by atoms with Crippen LogP contribution in [0.2, 0.25) is 0 Å². The Morgan fingerprint density at radius 2 is 1.23 bits per heavy atom. The molecule has 0 aliphatic rings. The Morgan fingerprint density at radius 1 is 0.773 bits per heavy atom. The van der Waals surface area contributed by atoms with Crippen molar-refractivity contribution in [1.82, 2.24) is 0 Å². The summed E-state index contributed by atoms with van der Waals surface area (Å²) < 4.78 is 63.2. The fourth-order valence-corrected chi connectivity index (χ4v) is 3.32. The van der Waals surface area contributed by atoms with E-state index in [-0.39, 0.29) is 10.5 Å². The zero-order chi connectivity index (χ0) is 16.7. The largest absolute Gasteiger partial charge is 0.506 e. The van der Waals surface area contributed by atoms with Gasteiger partial charge < -0.3 is 5.11 Å². The summed E-state index contributed by atoms with van der Waals surface area (Å²) in [5, 5.41) is 9.47. The van der Waals surface area contributed by atoms with Crippen LogP contribution in [0.25, 0.3) is 11.1 Å². The molecule has 0 aliphatic carbocycles. The van der Waals surface area contributed by atoms with Gasteiger partial charge in [-0.05, 0) is 41.8 Å². The first-order chi connectivity index (χ1) is 10.00. The van der Waals surface area contributed by atoms with Crippen molar-refractivity contribution in [2.45, 2.75) is 16.7 Å². The molecule has 3 N–H and O–H groups in total. The molecule has 0 amide bonds. The molecule has 9 heteroatoms. The SMILES string of the molecule is Cc1ccc(-c2ccc(O)c(S(=O)(=O)O)c2)cc1S(=O)(=O)O. The summed E-state index contributed by atoms with van der Waals surface area (Å²) in [4.78, 5) is -1.01. The Labute approximate surface area is 127 Å². The second-order valence-electron chi connectivity index (χ2n) is 4.61. The monoisotopic (exact) mass is 344 g/mol. The summed E-state index contributed by atoms with van der Waals surface area (Å²) in [6.45, 7) is 1.49. The van der Waals surface area contributed by atoms with Gasteiger partial charge in [0.05, 0.1) is 4.90 Å². The molecule has 22 heavy (non-hydrogen) atoms. The van der Waals surface area contributed by atoms with Gasteiger partial charge in [-0.1, -0.05) is 18.2 Å². The zero-order valence-electron chi connectivity index (χ0n) is 11.3. The highest BCUT2D eigenvalue weighted by Gasteiger charge is 2.18. The van der Waals surface area contributed by atoms with Crippen molar-refractivity contribution >= 4 is 20.2 Å². The molecule has 2 aromatic carbocycles. The van der Waals surface area contributed by atoms with Crippen LogP contribution in [0.4, 0.5) is 0 Å². The quantitative estimate of drug-likeness (QED) is 0.725. The summed E-state index contributed by atoms with van der Waals surface area (Å²) in [6, 6.07) is 7.55. The van der Waals surface area contributed by atoms with E-state index in [0.717, 1.165) is 12.1 Å². The highest BCUT2D eigenvalue weighted by atomic mass is 32.2. The van der Waals surface area contributed by atoms with E-state index in [1.807, 2.05) is 0 Å². The molecule has 0 saturated heterocycles. The lowest BCUT2D eigenvalue weighted by Crippen LogP contribution is -2.02. The van der Waals surface area contributed by atoms with Crippen molar-refractivity contribution in [3.63, 3.8) is 0 Å². The van der Waals surface area contributed by atoms with Crippen LogP contribution >= 0.6 is 0 Å². The molecule has 0 heterocycles. The van der Waals surface area contributed by atoms with Gasteiger partial charge in [0, 0.05) is 0 Å². The first kappa shape index (κ1) is 16.4. The van der Waals surface area contributed by atoms with Crippen LogP contribution in [-0.2, 0) is 20.2 Å². The Kier molecular flexibility index (Phi) is 4.00. The molecule has 0 unspecified atom stereocenters. The predicted octanol–water partition coefficient (Wildman–Crippen LogP) is 1.86. The van der Waals surface area contributed by atoms with Gasteiger partial charge in [0.15, 0.2) is 0 Å². The third kappa shape index (κ3) is 3.28. The topological polar surface area (TPSA) is 129 Å². The van der Waals surface area contributed by atoms with E-state index < -0.39 is 30.9 Å². The van der Waals surface area contributed by atoms with Gasteiger partial charge in [0.2, 0.25) is 0 Å². The fraction of sp³-hybridized carbons (Fsp3) is 0.0769.